The molecule has 0 aromatic carbocycles. The number of nitrogens with zero attached hydrogens (tertiary/aromatic N) is 4. The molecular weight excluding hydrogens is 288 g/mol. The SMILES string of the molecule is CCCS(=O)(=O)N1CCCC1CCc1nncn1C1CC1. The Balaban J connectivity index is 1.62. The van der Waals surface area contributed by atoms with Crippen molar-refractivity contribution in [2.75, 3.05) is 12.3 Å². The van der Waals surface area contributed by atoms with Gasteiger partial charge in [-0.05, 0) is 38.5 Å². The lowest BCUT2D eigenvalue weighted by molar-refractivity contribution is 0.367. The molecule has 1 aromatic rings. The molecule has 0 N–H and O–H groups in total. The number of aryl methyl sites for hydroxylation is 1. The van der Waals surface area contributed by atoms with E-state index in [9.17, 15) is 8.42 Å². The lowest BCUT2D eigenvalue weighted by atomic mass is 10.1. The van der Waals surface area contributed by atoms with Gasteiger partial charge in [-0.3, -0.25) is 0 Å². The van der Waals surface area contributed by atoms with E-state index in [-0.39, 0.29) is 11.8 Å². The van der Waals surface area contributed by atoms with Gasteiger partial charge in [0.2, 0.25) is 10.0 Å². The minimum atomic E-state index is -3.07. The van der Waals surface area contributed by atoms with Gasteiger partial charge in [-0.2, -0.15) is 4.31 Å². The smallest absolute Gasteiger partial charge is 0.214 e. The first-order valence-corrected chi connectivity index (χ1v) is 9.60. The molecule has 2 heterocycles. The molecule has 3 rings (SSSR count). The van der Waals surface area contributed by atoms with Crippen LogP contribution in [0.15, 0.2) is 6.33 Å². The maximum absolute atomic E-state index is 12.3. The molecule has 0 radical (unpaired) electrons. The third kappa shape index (κ3) is 3.29. The Morgan fingerprint density at radius 1 is 1.33 bits per heavy atom. The average molecular weight is 312 g/mol. The molecule has 6 nitrogen and oxygen atoms in total. The fraction of sp³-hybridized carbons (Fsp3) is 0.857. The van der Waals surface area contributed by atoms with Gasteiger partial charge in [-0.15, -0.1) is 10.2 Å². The predicted molar refractivity (Wildman–Crippen MR) is 80.4 cm³/mol. The number of rotatable bonds is 7. The van der Waals surface area contributed by atoms with Crippen molar-refractivity contribution < 1.29 is 8.42 Å². The van der Waals surface area contributed by atoms with Gasteiger partial charge in [-0.25, -0.2) is 8.42 Å². The van der Waals surface area contributed by atoms with Crippen molar-refractivity contribution in [3.05, 3.63) is 12.2 Å². The van der Waals surface area contributed by atoms with Crippen LogP contribution in [0.5, 0.6) is 0 Å². The standard InChI is InChI=1S/C14H24N4O2S/c1-2-10-21(19,20)18-9-3-4-13(18)7-8-14-16-15-11-17(14)12-5-6-12/h11-13H,2-10H2,1H3. The van der Waals surface area contributed by atoms with Crippen molar-refractivity contribution in [3.8, 4) is 0 Å². The number of hydrogen-bond donors (Lipinski definition) is 0. The maximum atomic E-state index is 12.3. The summed E-state index contributed by atoms with van der Waals surface area (Å²) >= 11 is 0. The van der Waals surface area contributed by atoms with E-state index in [4.69, 9.17) is 0 Å². The van der Waals surface area contributed by atoms with Crippen molar-refractivity contribution in [1.29, 1.82) is 0 Å². The van der Waals surface area contributed by atoms with Crippen molar-refractivity contribution in [3.63, 3.8) is 0 Å². The molecule has 1 aliphatic carbocycles. The van der Waals surface area contributed by atoms with Gasteiger partial charge in [0, 0.05) is 25.0 Å². The Bertz CT molecular complexity index is 580. The zero-order valence-corrected chi connectivity index (χ0v) is 13.4. The highest BCUT2D eigenvalue weighted by atomic mass is 32.2. The second-order valence-electron chi connectivity index (χ2n) is 6.15. The van der Waals surface area contributed by atoms with Crippen LogP contribution in [0.3, 0.4) is 0 Å². The predicted octanol–water partition coefficient (Wildman–Crippen LogP) is 1.75. The van der Waals surface area contributed by atoms with Crippen LogP contribution in [0, 0.1) is 0 Å². The molecule has 2 aliphatic rings. The first-order valence-electron chi connectivity index (χ1n) is 7.99. The largest absolute Gasteiger partial charge is 0.314 e. The van der Waals surface area contributed by atoms with Gasteiger partial charge in [0.1, 0.15) is 12.2 Å². The summed E-state index contributed by atoms with van der Waals surface area (Å²) < 4.78 is 28.5. The molecule has 118 valence electrons. The normalized spacial score (nSPS) is 23.8. The van der Waals surface area contributed by atoms with Crippen LogP contribution in [0.4, 0.5) is 0 Å². The molecule has 1 aromatic heterocycles. The van der Waals surface area contributed by atoms with Gasteiger partial charge in [-0.1, -0.05) is 6.92 Å². The van der Waals surface area contributed by atoms with Gasteiger partial charge in [0.15, 0.2) is 0 Å². The molecule has 7 heteroatoms. The van der Waals surface area contributed by atoms with Gasteiger partial charge >= 0.3 is 0 Å². The number of sulfonamides is 1. The summed E-state index contributed by atoms with van der Waals surface area (Å²) in [7, 11) is -3.07. The Morgan fingerprint density at radius 2 is 2.14 bits per heavy atom. The minimum absolute atomic E-state index is 0.144. The van der Waals surface area contributed by atoms with Crippen LogP contribution in [0.1, 0.15) is 57.3 Å². The van der Waals surface area contributed by atoms with Crippen molar-refractivity contribution in [2.24, 2.45) is 0 Å². The van der Waals surface area contributed by atoms with E-state index in [2.05, 4.69) is 14.8 Å². The Morgan fingerprint density at radius 3 is 2.86 bits per heavy atom. The van der Waals surface area contributed by atoms with Crippen molar-refractivity contribution in [1.82, 2.24) is 19.1 Å². The first kappa shape index (κ1) is 15.0. The lowest BCUT2D eigenvalue weighted by Gasteiger charge is -2.23. The van der Waals surface area contributed by atoms with Crippen molar-refractivity contribution >= 4 is 10.0 Å². The van der Waals surface area contributed by atoms with Crippen LogP contribution in [0.25, 0.3) is 0 Å². The molecule has 0 bridgehead atoms. The molecular formula is C14H24N4O2S. The summed E-state index contributed by atoms with van der Waals surface area (Å²) in [5.74, 6) is 1.28. The van der Waals surface area contributed by atoms with E-state index in [1.807, 2.05) is 13.3 Å². The molecule has 21 heavy (non-hydrogen) atoms. The second-order valence-corrected chi connectivity index (χ2v) is 8.19. The monoisotopic (exact) mass is 312 g/mol. The Hall–Kier alpha value is -0.950. The van der Waals surface area contributed by atoms with Crippen molar-refractivity contribution in [2.45, 2.75) is 64.0 Å². The van der Waals surface area contributed by atoms with Crippen LogP contribution < -0.4 is 0 Å². The maximum Gasteiger partial charge on any atom is 0.214 e. The van der Waals surface area contributed by atoms with Crippen LogP contribution in [0.2, 0.25) is 0 Å². The van der Waals surface area contributed by atoms with E-state index in [0.29, 0.717) is 19.0 Å². The van der Waals surface area contributed by atoms with Gasteiger partial charge < -0.3 is 4.57 Å². The molecule has 1 saturated heterocycles. The van der Waals surface area contributed by atoms with Crippen LogP contribution in [-0.2, 0) is 16.4 Å². The summed E-state index contributed by atoms with van der Waals surface area (Å²) in [5.41, 5.74) is 0. The number of hydrogen-bond acceptors (Lipinski definition) is 4. The lowest BCUT2D eigenvalue weighted by Crippen LogP contribution is -2.37. The molecule has 2 fully saturated rings. The van der Waals surface area contributed by atoms with Crippen LogP contribution >= 0.6 is 0 Å². The third-order valence-corrected chi connectivity index (χ3v) is 6.55. The third-order valence-electron chi connectivity index (χ3n) is 4.43. The van der Waals surface area contributed by atoms with E-state index in [0.717, 1.165) is 31.5 Å². The highest BCUT2D eigenvalue weighted by Crippen LogP contribution is 2.35. The highest BCUT2D eigenvalue weighted by Gasteiger charge is 2.34. The topological polar surface area (TPSA) is 68.1 Å². The summed E-state index contributed by atoms with van der Waals surface area (Å²) in [4.78, 5) is 0. The first-order chi connectivity index (χ1) is 10.1. The number of aromatic nitrogens is 3. The zero-order valence-electron chi connectivity index (χ0n) is 12.6. The summed E-state index contributed by atoms with van der Waals surface area (Å²) in [6.45, 7) is 2.60. The van der Waals surface area contributed by atoms with Gasteiger partial charge in [0.05, 0.1) is 5.75 Å². The van der Waals surface area contributed by atoms with Gasteiger partial charge in [0.25, 0.3) is 0 Å². The minimum Gasteiger partial charge on any atom is -0.314 e. The Labute approximate surface area is 126 Å². The molecule has 1 aliphatic heterocycles. The van der Waals surface area contributed by atoms with E-state index in [1.54, 1.807) is 4.31 Å². The molecule has 0 amide bonds. The quantitative estimate of drug-likeness (QED) is 0.769. The fourth-order valence-electron chi connectivity index (χ4n) is 3.24. The average Bonchev–Trinajstić information content (AvgIpc) is 3.00. The molecule has 0 spiro atoms. The summed E-state index contributed by atoms with van der Waals surface area (Å²) in [6, 6.07) is 0.726. The highest BCUT2D eigenvalue weighted by molar-refractivity contribution is 7.89. The summed E-state index contributed by atoms with van der Waals surface area (Å²) in [6.07, 6.45) is 8.54. The Kier molecular flexibility index (Phi) is 4.31. The van der Waals surface area contributed by atoms with Crippen LogP contribution in [-0.4, -0.2) is 45.8 Å². The molecule has 1 atom stereocenters. The zero-order chi connectivity index (χ0) is 14.9. The van der Waals surface area contributed by atoms with E-state index < -0.39 is 10.0 Å². The van der Waals surface area contributed by atoms with E-state index >= 15 is 0 Å². The molecule has 1 saturated carbocycles. The van der Waals surface area contributed by atoms with E-state index in [1.165, 1.54) is 12.8 Å². The second kappa shape index (κ2) is 6.04. The summed E-state index contributed by atoms with van der Waals surface area (Å²) in [5, 5.41) is 8.21. The fourth-order valence-corrected chi connectivity index (χ4v) is 5.06. The molecule has 1 unspecified atom stereocenters.